The van der Waals surface area contributed by atoms with Gasteiger partial charge in [0.1, 0.15) is 5.60 Å². The number of benzene rings is 3. The van der Waals surface area contributed by atoms with Crippen molar-refractivity contribution in [1.29, 1.82) is 0 Å². The maximum absolute atomic E-state index is 13.3. The molecule has 0 fully saturated rings. The Bertz CT molecular complexity index is 1420. The number of aromatic amines is 1. The molecule has 38 heavy (non-hydrogen) atoms. The van der Waals surface area contributed by atoms with Crippen LogP contribution in [0.2, 0.25) is 0 Å². The third kappa shape index (κ3) is 6.82. The van der Waals surface area contributed by atoms with Crippen LogP contribution in [0.3, 0.4) is 0 Å². The lowest BCUT2D eigenvalue weighted by Crippen LogP contribution is -2.31. The Kier molecular flexibility index (Phi) is 8.20. The first-order valence-electron chi connectivity index (χ1n) is 13.1. The largest absolute Gasteiger partial charge is 0.460 e. The first kappa shape index (κ1) is 27.0. The van der Waals surface area contributed by atoms with E-state index in [1.165, 1.54) is 0 Å². The minimum atomic E-state index is -0.498. The fourth-order valence-corrected chi connectivity index (χ4v) is 4.69. The Morgan fingerprint density at radius 3 is 2.47 bits per heavy atom. The molecule has 3 aromatic carbocycles. The quantitative estimate of drug-likeness (QED) is 0.232. The lowest BCUT2D eigenvalue weighted by Gasteiger charge is -2.23. The molecular weight excluding hydrogens is 474 g/mol. The van der Waals surface area contributed by atoms with Crippen LogP contribution in [0.1, 0.15) is 61.1 Å². The second kappa shape index (κ2) is 11.5. The average molecular weight is 512 g/mol. The minimum Gasteiger partial charge on any atom is -0.460 e. The first-order valence-corrected chi connectivity index (χ1v) is 13.1. The molecule has 0 aliphatic rings. The molecule has 1 heterocycles. The van der Waals surface area contributed by atoms with Crippen LogP contribution >= 0.6 is 0 Å². The van der Waals surface area contributed by atoms with Gasteiger partial charge in [-0.1, -0.05) is 48.5 Å². The summed E-state index contributed by atoms with van der Waals surface area (Å²) in [6.07, 6.45) is 3.05. The van der Waals surface area contributed by atoms with E-state index in [1.807, 2.05) is 82.5 Å². The van der Waals surface area contributed by atoms with Crippen molar-refractivity contribution in [3.63, 3.8) is 0 Å². The molecule has 0 aliphatic heterocycles. The molecule has 6 heteroatoms. The Morgan fingerprint density at radius 1 is 1.00 bits per heavy atom. The second-order valence-corrected chi connectivity index (χ2v) is 10.7. The number of aromatic nitrogens is 1. The van der Waals surface area contributed by atoms with Gasteiger partial charge in [0.15, 0.2) is 0 Å². The lowest BCUT2D eigenvalue weighted by atomic mass is 9.95. The van der Waals surface area contributed by atoms with Crippen LogP contribution in [0.15, 0.2) is 72.9 Å². The molecule has 198 valence electrons. The molecule has 1 amide bonds. The first-order chi connectivity index (χ1) is 18.1. The van der Waals surface area contributed by atoms with Crippen molar-refractivity contribution in [2.75, 3.05) is 12.4 Å². The summed E-state index contributed by atoms with van der Waals surface area (Å²) in [5.74, 6) is -0.280. The number of amides is 1. The number of H-pyrrole nitrogens is 1. The number of rotatable bonds is 9. The van der Waals surface area contributed by atoms with Gasteiger partial charge < -0.3 is 20.4 Å². The fourth-order valence-electron chi connectivity index (χ4n) is 4.69. The van der Waals surface area contributed by atoms with Crippen molar-refractivity contribution in [2.24, 2.45) is 0 Å². The van der Waals surface area contributed by atoms with E-state index in [-0.39, 0.29) is 24.3 Å². The van der Waals surface area contributed by atoms with Gasteiger partial charge in [-0.15, -0.1) is 0 Å². The van der Waals surface area contributed by atoms with Crippen LogP contribution in [-0.4, -0.2) is 29.5 Å². The SMILES string of the molecule is CNc1cc(C)ccc1C(NC(=O)Cc1ccc2[nH]cc(CCC(=O)OC(C)(C)C)c2c1)c1ccccc1. The minimum absolute atomic E-state index is 0.0633. The van der Waals surface area contributed by atoms with Crippen molar-refractivity contribution in [3.05, 3.63) is 101 Å². The summed E-state index contributed by atoms with van der Waals surface area (Å²) in [5.41, 5.74) is 6.61. The average Bonchev–Trinajstić information content (AvgIpc) is 3.28. The summed E-state index contributed by atoms with van der Waals surface area (Å²) >= 11 is 0. The van der Waals surface area contributed by atoms with E-state index in [4.69, 9.17) is 4.74 Å². The van der Waals surface area contributed by atoms with Crippen molar-refractivity contribution in [3.8, 4) is 0 Å². The van der Waals surface area contributed by atoms with E-state index in [1.54, 1.807) is 0 Å². The van der Waals surface area contributed by atoms with Gasteiger partial charge in [-0.05, 0) is 74.6 Å². The molecule has 1 atom stereocenters. The highest BCUT2D eigenvalue weighted by atomic mass is 16.6. The van der Waals surface area contributed by atoms with E-state index in [2.05, 4.69) is 40.7 Å². The van der Waals surface area contributed by atoms with Crippen molar-refractivity contribution in [1.82, 2.24) is 10.3 Å². The molecule has 0 saturated heterocycles. The topological polar surface area (TPSA) is 83.2 Å². The molecule has 0 aliphatic carbocycles. The molecule has 0 bridgehead atoms. The maximum Gasteiger partial charge on any atom is 0.306 e. The molecule has 4 aromatic rings. The van der Waals surface area contributed by atoms with Gasteiger partial charge in [-0.25, -0.2) is 0 Å². The number of hydrogen-bond acceptors (Lipinski definition) is 4. The molecule has 1 unspecified atom stereocenters. The highest BCUT2D eigenvalue weighted by Gasteiger charge is 2.21. The van der Waals surface area contributed by atoms with Crippen molar-refractivity contribution < 1.29 is 14.3 Å². The van der Waals surface area contributed by atoms with Crippen molar-refractivity contribution in [2.45, 2.75) is 58.6 Å². The van der Waals surface area contributed by atoms with Crippen LogP contribution < -0.4 is 10.6 Å². The number of aryl methyl sites for hydroxylation is 2. The monoisotopic (exact) mass is 511 g/mol. The van der Waals surface area contributed by atoms with Gasteiger partial charge in [-0.3, -0.25) is 9.59 Å². The summed E-state index contributed by atoms with van der Waals surface area (Å²) in [6, 6.07) is 22.0. The second-order valence-electron chi connectivity index (χ2n) is 10.7. The molecular formula is C32H37N3O3. The van der Waals surface area contributed by atoms with Gasteiger partial charge in [-0.2, -0.15) is 0 Å². The zero-order chi connectivity index (χ0) is 27.3. The summed E-state index contributed by atoms with van der Waals surface area (Å²) in [6.45, 7) is 7.66. The zero-order valence-electron chi connectivity index (χ0n) is 22.9. The molecule has 6 nitrogen and oxygen atoms in total. The zero-order valence-corrected chi connectivity index (χ0v) is 22.9. The van der Waals surface area contributed by atoms with E-state index in [0.29, 0.717) is 12.8 Å². The number of hydrogen-bond donors (Lipinski definition) is 3. The summed E-state index contributed by atoms with van der Waals surface area (Å²) in [5, 5.41) is 7.56. The van der Waals surface area contributed by atoms with Crippen molar-refractivity contribution >= 4 is 28.5 Å². The highest BCUT2D eigenvalue weighted by molar-refractivity contribution is 5.87. The van der Waals surface area contributed by atoms with Crippen LogP contribution in [0, 0.1) is 6.92 Å². The fraction of sp³-hybridized carbons (Fsp3) is 0.312. The smallest absolute Gasteiger partial charge is 0.306 e. The number of ether oxygens (including phenoxy) is 1. The van der Waals surface area contributed by atoms with Gasteiger partial charge >= 0.3 is 5.97 Å². The summed E-state index contributed by atoms with van der Waals surface area (Å²) < 4.78 is 5.45. The number of anilines is 1. The van der Waals surface area contributed by atoms with Crippen LogP contribution in [0.4, 0.5) is 5.69 Å². The van der Waals surface area contributed by atoms with Crippen LogP contribution in [0.5, 0.6) is 0 Å². The molecule has 0 saturated carbocycles. The van der Waals surface area contributed by atoms with E-state index >= 15 is 0 Å². The molecule has 3 N–H and O–H groups in total. The maximum atomic E-state index is 13.3. The van der Waals surface area contributed by atoms with E-state index in [0.717, 1.165) is 44.4 Å². The standard InChI is InChI=1S/C32H37N3O3/c1-21-11-14-25(28(17-21)33-5)31(23-9-7-6-8-10-23)35-29(36)19-22-12-15-27-26(18-22)24(20-34-27)13-16-30(37)38-32(2,3)4/h6-12,14-15,17-18,20,31,33-34H,13,16,19H2,1-5H3,(H,35,36). The Labute approximate surface area is 224 Å². The Balaban J connectivity index is 1.52. The predicted octanol–water partition coefficient (Wildman–Crippen LogP) is 6.24. The van der Waals surface area contributed by atoms with Crippen LogP contribution in [-0.2, 0) is 27.2 Å². The number of esters is 1. The van der Waals surface area contributed by atoms with Gasteiger partial charge in [0.05, 0.1) is 12.5 Å². The molecule has 1 aromatic heterocycles. The highest BCUT2D eigenvalue weighted by Crippen LogP contribution is 2.30. The number of fused-ring (bicyclic) bond motifs is 1. The summed E-state index contributed by atoms with van der Waals surface area (Å²) in [7, 11) is 1.90. The van der Waals surface area contributed by atoms with Gasteiger partial charge in [0, 0.05) is 41.8 Å². The number of carbonyl (C=O) groups is 2. The lowest BCUT2D eigenvalue weighted by molar-refractivity contribution is -0.154. The predicted molar refractivity (Wildman–Crippen MR) is 153 cm³/mol. The normalized spacial score (nSPS) is 12.2. The molecule has 0 radical (unpaired) electrons. The molecule has 0 spiro atoms. The third-order valence-corrected chi connectivity index (χ3v) is 6.44. The Morgan fingerprint density at radius 2 is 1.76 bits per heavy atom. The van der Waals surface area contributed by atoms with E-state index in [9.17, 15) is 9.59 Å². The number of nitrogens with one attached hydrogen (secondary N) is 3. The molecule has 4 rings (SSSR count). The Hall–Kier alpha value is -4.06. The van der Waals surface area contributed by atoms with Crippen LogP contribution in [0.25, 0.3) is 10.9 Å². The van der Waals surface area contributed by atoms with Gasteiger partial charge in [0.2, 0.25) is 5.91 Å². The van der Waals surface area contributed by atoms with E-state index < -0.39 is 5.60 Å². The van der Waals surface area contributed by atoms with Gasteiger partial charge in [0.25, 0.3) is 0 Å². The number of carbonyl (C=O) groups excluding carboxylic acids is 2. The summed E-state index contributed by atoms with van der Waals surface area (Å²) in [4.78, 5) is 28.8. The third-order valence-electron chi connectivity index (χ3n) is 6.44.